The molecule has 2 aromatic carbocycles. The summed E-state index contributed by atoms with van der Waals surface area (Å²) in [7, 11) is 0. The highest BCUT2D eigenvalue weighted by molar-refractivity contribution is 9.10. The molecule has 0 aliphatic heterocycles. The normalized spacial score (nSPS) is 10.5. The Kier molecular flexibility index (Phi) is 6.67. The average Bonchev–Trinajstić information content (AvgIpc) is 2.53. The second-order valence-electron chi connectivity index (χ2n) is 5.98. The van der Waals surface area contributed by atoms with Crippen molar-refractivity contribution in [2.24, 2.45) is 5.92 Å². The third-order valence-electron chi connectivity index (χ3n) is 3.22. The molecule has 24 heavy (non-hydrogen) atoms. The predicted molar refractivity (Wildman–Crippen MR) is 99.8 cm³/mol. The highest BCUT2D eigenvalue weighted by Crippen LogP contribution is 2.22. The first-order valence-electron chi connectivity index (χ1n) is 7.85. The van der Waals surface area contributed by atoms with Crippen LogP contribution in [0, 0.1) is 12.8 Å². The zero-order chi connectivity index (χ0) is 17.5. The molecule has 0 saturated heterocycles. The molecule has 0 spiro atoms. The molecule has 128 valence electrons. The lowest BCUT2D eigenvalue weighted by Gasteiger charge is -2.11. The van der Waals surface area contributed by atoms with Gasteiger partial charge in [0.2, 0.25) is 0 Å². The number of ether oxygens (including phenoxy) is 2. The summed E-state index contributed by atoms with van der Waals surface area (Å²) >= 11 is 3.40. The van der Waals surface area contributed by atoms with Gasteiger partial charge in [-0.25, -0.2) is 0 Å². The van der Waals surface area contributed by atoms with Crippen molar-refractivity contribution in [1.29, 1.82) is 0 Å². The number of rotatable bonds is 7. The standard InChI is InChI=1S/C19H22BrNO3/c1-13(2)11-23-17-7-5-16(6-8-17)21-19(22)12-24-18-9-4-15(20)10-14(18)3/h4-10,13H,11-12H2,1-3H3,(H,21,22). The Morgan fingerprint density at radius 2 is 1.83 bits per heavy atom. The van der Waals surface area contributed by atoms with Crippen molar-refractivity contribution in [3.05, 3.63) is 52.5 Å². The quantitative estimate of drug-likeness (QED) is 0.736. The zero-order valence-electron chi connectivity index (χ0n) is 14.1. The number of anilines is 1. The Bertz CT molecular complexity index is 684. The number of halogens is 1. The third kappa shape index (κ3) is 5.89. The molecule has 0 fully saturated rings. The van der Waals surface area contributed by atoms with Gasteiger partial charge in [0.1, 0.15) is 11.5 Å². The van der Waals surface area contributed by atoms with Crippen molar-refractivity contribution in [3.8, 4) is 11.5 Å². The minimum Gasteiger partial charge on any atom is -0.493 e. The summed E-state index contributed by atoms with van der Waals surface area (Å²) in [6.07, 6.45) is 0. The number of hydrogen-bond acceptors (Lipinski definition) is 3. The number of nitrogens with one attached hydrogen (secondary N) is 1. The van der Waals surface area contributed by atoms with Crippen LogP contribution in [0.25, 0.3) is 0 Å². The summed E-state index contributed by atoms with van der Waals surface area (Å²) in [6, 6.07) is 13.0. The molecular formula is C19H22BrNO3. The van der Waals surface area contributed by atoms with E-state index in [1.165, 1.54) is 0 Å². The summed E-state index contributed by atoms with van der Waals surface area (Å²) in [5.41, 5.74) is 1.69. The molecule has 1 amide bonds. The molecule has 0 aliphatic rings. The molecule has 0 saturated carbocycles. The molecule has 5 heteroatoms. The second-order valence-corrected chi connectivity index (χ2v) is 6.89. The van der Waals surface area contributed by atoms with Crippen LogP contribution < -0.4 is 14.8 Å². The van der Waals surface area contributed by atoms with E-state index in [4.69, 9.17) is 9.47 Å². The summed E-state index contributed by atoms with van der Waals surface area (Å²) in [4.78, 5) is 12.0. The van der Waals surface area contributed by atoms with E-state index >= 15 is 0 Å². The fourth-order valence-electron chi connectivity index (χ4n) is 2.01. The minimum atomic E-state index is -0.201. The average molecular weight is 392 g/mol. The monoisotopic (exact) mass is 391 g/mol. The number of carbonyl (C=O) groups is 1. The second kappa shape index (κ2) is 8.73. The summed E-state index contributed by atoms with van der Waals surface area (Å²) in [5, 5.41) is 2.81. The number of amides is 1. The first-order valence-corrected chi connectivity index (χ1v) is 8.65. The number of hydrogen-bond donors (Lipinski definition) is 1. The van der Waals surface area contributed by atoms with E-state index in [2.05, 4.69) is 35.1 Å². The minimum absolute atomic E-state index is 0.0337. The van der Waals surface area contributed by atoms with Crippen molar-refractivity contribution < 1.29 is 14.3 Å². The molecule has 1 N–H and O–H groups in total. The van der Waals surface area contributed by atoms with E-state index in [-0.39, 0.29) is 12.5 Å². The summed E-state index contributed by atoms with van der Waals surface area (Å²) in [6.45, 7) is 6.78. The summed E-state index contributed by atoms with van der Waals surface area (Å²) < 4.78 is 12.2. The van der Waals surface area contributed by atoms with Crippen molar-refractivity contribution in [2.75, 3.05) is 18.5 Å². The molecule has 2 rings (SSSR count). The molecular weight excluding hydrogens is 370 g/mol. The van der Waals surface area contributed by atoms with E-state index in [0.29, 0.717) is 24.0 Å². The van der Waals surface area contributed by atoms with Gasteiger partial charge in [-0.1, -0.05) is 29.8 Å². The maximum atomic E-state index is 12.0. The van der Waals surface area contributed by atoms with Gasteiger partial charge in [-0.15, -0.1) is 0 Å². The van der Waals surface area contributed by atoms with E-state index < -0.39 is 0 Å². The first-order chi connectivity index (χ1) is 11.4. The third-order valence-corrected chi connectivity index (χ3v) is 3.71. The van der Waals surface area contributed by atoms with E-state index in [9.17, 15) is 4.79 Å². The lowest BCUT2D eigenvalue weighted by atomic mass is 10.2. The van der Waals surface area contributed by atoms with Crippen LogP contribution in [0.2, 0.25) is 0 Å². The maximum absolute atomic E-state index is 12.0. The molecule has 0 atom stereocenters. The Morgan fingerprint density at radius 3 is 2.46 bits per heavy atom. The maximum Gasteiger partial charge on any atom is 0.262 e. The van der Waals surface area contributed by atoms with Crippen LogP contribution in [0.5, 0.6) is 11.5 Å². The smallest absolute Gasteiger partial charge is 0.262 e. The van der Waals surface area contributed by atoms with Crippen LogP contribution in [0.1, 0.15) is 19.4 Å². The van der Waals surface area contributed by atoms with Gasteiger partial charge in [0.25, 0.3) is 5.91 Å². The lowest BCUT2D eigenvalue weighted by Crippen LogP contribution is -2.20. The van der Waals surface area contributed by atoms with E-state index in [0.717, 1.165) is 15.8 Å². The molecule has 4 nitrogen and oxygen atoms in total. The molecule has 0 heterocycles. The number of benzene rings is 2. The van der Waals surface area contributed by atoms with Gasteiger partial charge < -0.3 is 14.8 Å². The van der Waals surface area contributed by atoms with Crippen molar-refractivity contribution in [2.45, 2.75) is 20.8 Å². The van der Waals surface area contributed by atoms with Gasteiger partial charge in [-0.3, -0.25) is 4.79 Å². The SMILES string of the molecule is Cc1cc(Br)ccc1OCC(=O)Nc1ccc(OCC(C)C)cc1. The van der Waals surface area contributed by atoms with Crippen molar-refractivity contribution in [3.63, 3.8) is 0 Å². The molecule has 0 bridgehead atoms. The van der Waals surface area contributed by atoms with Gasteiger partial charge >= 0.3 is 0 Å². The van der Waals surface area contributed by atoms with Gasteiger partial charge in [0.15, 0.2) is 6.61 Å². The van der Waals surface area contributed by atoms with Gasteiger partial charge in [-0.2, -0.15) is 0 Å². The highest BCUT2D eigenvalue weighted by Gasteiger charge is 2.06. The lowest BCUT2D eigenvalue weighted by molar-refractivity contribution is -0.118. The van der Waals surface area contributed by atoms with E-state index in [1.54, 1.807) is 0 Å². The fourth-order valence-corrected chi connectivity index (χ4v) is 2.49. The van der Waals surface area contributed by atoms with Crippen LogP contribution in [-0.2, 0) is 4.79 Å². The Morgan fingerprint density at radius 1 is 1.12 bits per heavy atom. The van der Waals surface area contributed by atoms with Crippen molar-refractivity contribution in [1.82, 2.24) is 0 Å². The highest BCUT2D eigenvalue weighted by atomic mass is 79.9. The van der Waals surface area contributed by atoms with E-state index in [1.807, 2.05) is 49.4 Å². The summed E-state index contributed by atoms with van der Waals surface area (Å²) in [5.74, 6) is 1.77. The van der Waals surface area contributed by atoms with Crippen LogP contribution in [0.4, 0.5) is 5.69 Å². The molecule has 2 aromatic rings. The fraction of sp³-hybridized carbons (Fsp3) is 0.316. The first kappa shape index (κ1) is 18.3. The van der Waals surface area contributed by atoms with Crippen molar-refractivity contribution >= 4 is 27.5 Å². The molecule has 0 radical (unpaired) electrons. The van der Waals surface area contributed by atoms with Crippen LogP contribution in [-0.4, -0.2) is 19.1 Å². The van der Waals surface area contributed by atoms with Gasteiger partial charge in [0.05, 0.1) is 6.61 Å². The predicted octanol–water partition coefficient (Wildman–Crippen LogP) is 4.81. The number of carbonyl (C=O) groups excluding carboxylic acids is 1. The van der Waals surface area contributed by atoms with Crippen LogP contribution in [0.15, 0.2) is 46.9 Å². The Hall–Kier alpha value is -2.01. The van der Waals surface area contributed by atoms with Gasteiger partial charge in [-0.05, 0) is 60.9 Å². The van der Waals surface area contributed by atoms with Crippen LogP contribution >= 0.6 is 15.9 Å². The molecule has 0 unspecified atom stereocenters. The topological polar surface area (TPSA) is 47.6 Å². The molecule has 0 aliphatic carbocycles. The van der Waals surface area contributed by atoms with Gasteiger partial charge in [0, 0.05) is 10.2 Å². The Balaban J connectivity index is 1.83. The zero-order valence-corrected chi connectivity index (χ0v) is 15.7. The Labute approximate surface area is 151 Å². The largest absolute Gasteiger partial charge is 0.493 e. The number of aryl methyl sites for hydroxylation is 1. The molecule has 0 aromatic heterocycles. The van der Waals surface area contributed by atoms with Crippen LogP contribution in [0.3, 0.4) is 0 Å².